The topological polar surface area (TPSA) is 51.6 Å². The van der Waals surface area contributed by atoms with E-state index in [0.29, 0.717) is 17.5 Å². The van der Waals surface area contributed by atoms with Gasteiger partial charge in [-0.05, 0) is 99.8 Å². The van der Waals surface area contributed by atoms with E-state index in [1.54, 1.807) is 0 Å². The number of pyridine rings is 1. The lowest BCUT2D eigenvalue weighted by Crippen LogP contribution is -2.01. The Labute approximate surface area is 363 Å². The average Bonchev–Trinajstić information content (AvgIpc) is 3.34. The summed E-state index contributed by atoms with van der Waals surface area (Å²) in [4.78, 5) is 20.4. The van der Waals surface area contributed by atoms with Gasteiger partial charge in [-0.1, -0.05) is 193 Å². The molecule has 4 nitrogen and oxygen atoms in total. The minimum Gasteiger partial charge on any atom is -0.255 e. The smallest absolute Gasteiger partial charge is 0.165 e. The molecule has 2 heterocycles. The molecular formula is C58H42N4. The van der Waals surface area contributed by atoms with Crippen LogP contribution in [0.15, 0.2) is 219 Å². The predicted octanol–water partition coefficient (Wildman–Crippen LogP) is 14.9. The van der Waals surface area contributed by atoms with Crippen molar-refractivity contribution in [3.05, 3.63) is 230 Å². The normalized spacial score (nSPS) is 11.1. The van der Waals surface area contributed by atoms with E-state index in [-0.39, 0.29) is 0 Å². The fourth-order valence-electron chi connectivity index (χ4n) is 8.29. The molecule has 0 unspecified atom stereocenters. The van der Waals surface area contributed by atoms with Crippen LogP contribution in [0.5, 0.6) is 0 Å². The first-order chi connectivity index (χ1) is 30.5. The summed E-state index contributed by atoms with van der Waals surface area (Å²) >= 11 is 0. The maximum absolute atomic E-state index is 5.10. The van der Waals surface area contributed by atoms with Crippen LogP contribution >= 0.6 is 0 Å². The Morgan fingerprint density at radius 2 is 0.710 bits per heavy atom. The zero-order chi connectivity index (χ0) is 41.8. The van der Waals surface area contributed by atoms with Gasteiger partial charge in [0, 0.05) is 28.5 Å². The molecule has 0 atom stereocenters. The van der Waals surface area contributed by atoms with Crippen molar-refractivity contribution in [2.75, 3.05) is 0 Å². The van der Waals surface area contributed by atoms with E-state index < -0.39 is 0 Å². The van der Waals surface area contributed by atoms with Crippen molar-refractivity contribution in [2.24, 2.45) is 0 Å². The lowest BCUT2D eigenvalue weighted by Gasteiger charge is -2.17. The highest BCUT2D eigenvalue weighted by Gasteiger charge is 2.17. The molecule has 0 aliphatic rings. The Morgan fingerprint density at radius 3 is 1.26 bits per heavy atom. The van der Waals surface area contributed by atoms with Crippen LogP contribution in [0.4, 0.5) is 0 Å². The van der Waals surface area contributed by atoms with E-state index in [2.05, 4.69) is 214 Å². The minimum absolute atomic E-state index is 0.558. The number of hydrogen-bond donors (Lipinski definition) is 0. The SMILES string of the molecule is Cc1cc(C)cc(-c2ccccc2-c2ccc(-c3ccc(-c4nc(-c5cccc(-c6ccccc6)c5)nc(-c5cccc(-c6ccccc6)c5)n4)cn3)cc2-c2ccccc2)c1. The zero-order valence-corrected chi connectivity index (χ0v) is 34.6. The lowest BCUT2D eigenvalue weighted by molar-refractivity contribution is 1.07. The minimum atomic E-state index is 0.558. The zero-order valence-electron chi connectivity index (χ0n) is 34.6. The number of hydrogen-bond acceptors (Lipinski definition) is 4. The van der Waals surface area contributed by atoms with Crippen LogP contribution in [-0.2, 0) is 0 Å². The predicted molar refractivity (Wildman–Crippen MR) is 256 cm³/mol. The molecule has 0 fully saturated rings. The molecule has 8 aromatic carbocycles. The van der Waals surface area contributed by atoms with E-state index >= 15 is 0 Å². The summed E-state index contributed by atoms with van der Waals surface area (Å²) in [5.41, 5.74) is 18.6. The van der Waals surface area contributed by atoms with Crippen molar-refractivity contribution >= 4 is 0 Å². The Hall–Kier alpha value is -8.08. The van der Waals surface area contributed by atoms with Crippen molar-refractivity contribution in [2.45, 2.75) is 13.8 Å². The van der Waals surface area contributed by atoms with Gasteiger partial charge in [0.1, 0.15) is 0 Å². The van der Waals surface area contributed by atoms with Crippen molar-refractivity contribution in [1.82, 2.24) is 19.9 Å². The maximum atomic E-state index is 5.10. The second-order valence-corrected chi connectivity index (χ2v) is 15.7. The van der Waals surface area contributed by atoms with Gasteiger partial charge >= 0.3 is 0 Å². The molecule has 0 bridgehead atoms. The Morgan fingerprint density at radius 1 is 0.258 bits per heavy atom. The molecule has 0 radical (unpaired) electrons. The van der Waals surface area contributed by atoms with Crippen LogP contribution in [0.1, 0.15) is 11.1 Å². The van der Waals surface area contributed by atoms with E-state index in [1.807, 2.05) is 18.3 Å². The molecule has 294 valence electrons. The van der Waals surface area contributed by atoms with Gasteiger partial charge in [0.25, 0.3) is 0 Å². The molecule has 0 N–H and O–H groups in total. The monoisotopic (exact) mass is 794 g/mol. The summed E-state index contributed by atoms with van der Waals surface area (Å²) in [7, 11) is 0. The summed E-state index contributed by atoms with van der Waals surface area (Å²) in [6.07, 6.45) is 1.88. The summed E-state index contributed by atoms with van der Waals surface area (Å²) in [6.45, 7) is 4.33. The second kappa shape index (κ2) is 16.9. The van der Waals surface area contributed by atoms with Gasteiger partial charge in [-0.2, -0.15) is 0 Å². The summed E-state index contributed by atoms with van der Waals surface area (Å²) < 4.78 is 0. The molecule has 62 heavy (non-hydrogen) atoms. The van der Waals surface area contributed by atoms with Crippen LogP contribution < -0.4 is 0 Å². The Bertz CT molecular complexity index is 3060. The number of aromatic nitrogens is 4. The third-order valence-electron chi connectivity index (χ3n) is 11.3. The highest BCUT2D eigenvalue weighted by molar-refractivity contribution is 5.93. The molecule has 0 amide bonds. The van der Waals surface area contributed by atoms with Gasteiger partial charge in [0.05, 0.1) is 5.69 Å². The van der Waals surface area contributed by atoms with E-state index in [4.69, 9.17) is 19.9 Å². The molecule has 0 spiro atoms. The molecule has 0 aliphatic carbocycles. The van der Waals surface area contributed by atoms with E-state index in [0.717, 1.165) is 61.3 Å². The van der Waals surface area contributed by atoms with Gasteiger partial charge in [-0.25, -0.2) is 15.0 Å². The maximum Gasteiger partial charge on any atom is 0.165 e. The van der Waals surface area contributed by atoms with Crippen molar-refractivity contribution in [3.63, 3.8) is 0 Å². The van der Waals surface area contributed by atoms with Crippen LogP contribution in [0.3, 0.4) is 0 Å². The fourth-order valence-corrected chi connectivity index (χ4v) is 8.29. The largest absolute Gasteiger partial charge is 0.255 e. The van der Waals surface area contributed by atoms with Gasteiger partial charge in [-0.15, -0.1) is 0 Å². The molecule has 4 heteroatoms. The molecule has 10 rings (SSSR count). The molecule has 10 aromatic rings. The van der Waals surface area contributed by atoms with Crippen molar-refractivity contribution in [3.8, 4) is 101 Å². The summed E-state index contributed by atoms with van der Waals surface area (Å²) in [5, 5.41) is 0. The molecule has 2 aromatic heterocycles. The van der Waals surface area contributed by atoms with Gasteiger partial charge in [-0.3, -0.25) is 4.98 Å². The van der Waals surface area contributed by atoms with E-state index in [9.17, 15) is 0 Å². The number of benzene rings is 8. The second-order valence-electron chi connectivity index (χ2n) is 15.7. The first kappa shape index (κ1) is 38.1. The molecule has 0 saturated carbocycles. The van der Waals surface area contributed by atoms with Gasteiger partial charge < -0.3 is 0 Å². The first-order valence-corrected chi connectivity index (χ1v) is 20.9. The third kappa shape index (κ3) is 7.98. The van der Waals surface area contributed by atoms with Crippen molar-refractivity contribution < 1.29 is 0 Å². The molecular weight excluding hydrogens is 753 g/mol. The van der Waals surface area contributed by atoms with Gasteiger partial charge in [0.2, 0.25) is 0 Å². The highest BCUT2D eigenvalue weighted by Crippen LogP contribution is 2.41. The molecule has 0 saturated heterocycles. The summed E-state index contributed by atoms with van der Waals surface area (Å²) in [5.74, 6) is 1.75. The number of aryl methyl sites for hydroxylation is 2. The standard InChI is InChI=1S/C58H42N4/c1-39-32-40(2)34-50(33-39)51-26-12-13-27-52(51)53-30-28-46(37-54(53)43-20-10-5-11-21-43)55-31-29-49(38-59-55)58-61-56(47-24-14-22-44(35-47)41-16-6-3-7-17-41)60-57(62-58)48-25-15-23-45(36-48)42-18-8-4-9-19-42/h3-38H,1-2H3. The van der Waals surface area contributed by atoms with Crippen LogP contribution in [-0.4, -0.2) is 19.9 Å². The Balaban J connectivity index is 1.06. The fraction of sp³-hybridized carbons (Fsp3) is 0.0345. The number of rotatable bonds is 9. The summed E-state index contributed by atoms with van der Waals surface area (Å²) in [6, 6.07) is 74.5. The van der Waals surface area contributed by atoms with E-state index in [1.165, 1.54) is 33.4 Å². The first-order valence-electron chi connectivity index (χ1n) is 20.9. The van der Waals surface area contributed by atoms with Gasteiger partial charge in [0.15, 0.2) is 17.5 Å². The quantitative estimate of drug-likeness (QED) is 0.146. The lowest BCUT2D eigenvalue weighted by atomic mass is 9.87. The molecule has 0 aliphatic heterocycles. The van der Waals surface area contributed by atoms with Crippen LogP contribution in [0, 0.1) is 13.8 Å². The van der Waals surface area contributed by atoms with Crippen LogP contribution in [0.25, 0.3) is 101 Å². The highest BCUT2D eigenvalue weighted by atomic mass is 15.0. The number of nitrogens with zero attached hydrogens (tertiary/aromatic N) is 4. The van der Waals surface area contributed by atoms with Crippen LogP contribution in [0.2, 0.25) is 0 Å². The average molecular weight is 795 g/mol. The third-order valence-corrected chi connectivity index (χ3v) is 11.3. The Kier molecular flexibility index (Phi) is 10.4. The van der Waals surface area contributed by atoms with Crippen molar-refractivity contribution in [1.29, 1.82) is 0 Å².